The summed E-state index contributed by atoms with van der Waals surface area (Å²) in [6.45, 7) is 5.73. The van der Waals surface area contributed by atoms with Crippen molar-refractivity contribution in [3.8, 4) is 0 Å². The topological polar surface area (TPSA) is 34.1 Å². The van der Waals surface area contributed by atoms with E-state index in [0.717, 1.165) is 6.42 Å². The molecule has 19 heavy (non-hydrogen) atoms. The SMILES string of the molecule is C=CCC1(CC=CCC)C(=O)c2ccccc2C1=O. The van der Waals surface area contributed by atoms with Crippen molar-refractivity contribution >= 4 is 11.6 Å². The van der Waals surface area contributed by atoms with E-state index in [4.69, 9.17) is 0 Å². The van der Waals surface area contributed by atoms with Crippen LogP contribution in [0.25, 0.3) is 0 Å². The average Bonchev–Trinajstić information content (AvgIpc) is 2.63. The number of rotatable bonds is 5. The van der Waals surface area contributed by atoms with Crippen molar-refractivity contribution in [1.82, 2.24) is 0 Å². The summed E-state index contributed by atoms with van der Waals surface area (Å²) in [6.07, 6.45) is 7.35. The molecular weight excluding hydrogens is 236 g/mol. The lowest BCUT2D eigenvalue weighted by molar-refractivity contribution is 0.0703. The molecule has 2 nitrogen and oxygen atoms in total. The van der Waals surface area contributed by atoms with Crippen LogP contribution < -0.4 is 0 Å². The smallest absolute Gasteiger partial charge is 0.178 e. The minimum absolute atomic E-state index is 0.0613. The second-order valence-corrected chi connectivity index (χ2v) is 4.86. The van der Waals surface area contributed by atoms with Gasteiger partial charge in [-0.15, -0.1) is 6.58 Å². The predicted molar refractivity (Wildman–Crippen MR) is 76.4 cm³/mol. The maximum atomic E-state index is 12.6. The summed E-state index contributed by atoms with van der Waals surface area (Å²) in [5.74, 6) is -0.123. The Labute approximate surface area is 113 Å². The zero-order chi connectivity index (χ0) is 13.9. The normalized spacial score (nSPS) is 16.9. The van der Waals surface area contributed by atoms with Crippen LogP contribution in [-0.4, -0.2) is 11.6 Å². The molecule has 0 radical (unpaired) electrons. The number of Topliss-reactive ketones (excluding diaryl/α,β-unsaturated/α-hetero) is 2. The third-order valence-corrected chi connectivity index (χ3v) is 3.65. The average molecular weight is 254 g/mol. The van der Waals surface area contributed by atoms with Gasteiger partial charge in [0.1, 0.15) is 5.41 Å². The van der Waals surface area contributed by atoms with Crippen molar-refractivity contribution in [1.29, 1.82) is 0 Å². The van der Waals surface area contributed by atoms with Crippen LogP contribution in [-0.2, 0) is 0 Å². The van der Waals surface area contributed by atoms with Gasteiger partial charge in [-0.2, -0.15) is 0 Å². The second kappa shape index (κ2) is 5.35. The molecule has 0 saturated carbocycles. The number of hydrogen-bond acceptors (Lipinski definition) is 2. The maximum Gasteiger partial charge on any atom is 0.178 e. The van der Waals surface area contributed by atoms with Crippen LogP contribution in [0, 0.1) is 5.41 Å². The molecule has 0 spiro atoms. The Morgan fingerprint density at radius 3 is 2.11 bits per heavy atom. The highest BCUT2D eigenvalue weighted by Gasteiger charge is 2.50. The van der Waals surface area contributed by atoms with Crippen molar-refractivity contribution in [3.63, 3.8) is 0 Å². The standard InChI is InChI=1S/C17H18O2/c1-3-5-8-12-17(11-4-2)15(18)13-9-6-7-10-14(13)16(17)19/h4-10H,2-3,11-12H2,1H3. The highest BCUT2D eigenvalue weighted by molar-refractivity contribution is 6.29. The summed E-state index contributed by atoms with van der Waals surface area (Å²) in [4.78, 5) is 25.2. The number of ketones is 2. The predicted octanol–water partition coefficient (Wildman–Crippen LogP) is 3.98. The number of hydrogen-bond donors (Lipinski definition) is 0. The van der Waals surface area contributed by atoms with E-state index in [0.29, 0.717) is 24.0 Å². The molecule has 0 amide bonds. The third kappa shape index (κ3) is 2.07. The lowest BCUT2D eigenvalue weighted by atomic mass is 9.76. The van der Waals surface area contributed by atoms with Crippen molar-refractivity contribution in [3.05, 3.63) is 60.2 Å². The zero-order valence-corrected chi connectivity index (χ0v) is 11.2. The molecule has 98 valence electrons. The van der Waals surface area contributed by atoms with Crippen molar-refractivity contribution in [2.75, 3.05) is 0 Å². The van der Waals surface area contributed by atoms with E-state index < -0.39 is 5.41 Å². The van der Waals surface area contributed by atoms with Gasteiger partial charge in [0.2, 0.25) is 0 Å². The summed E-state index contributed by atoms with van der Waals surface area (Å²) in [7, 11) is 0. The van der Waals surface area contributed by atoms with Gasteiger partial charge in [0.15, 0.2) is 11.6 Å². The fraction of sp³-hybridized carbons (Fsp3) is 0.294. The fourth-order valence-corrected chi connectivity index (χ4v) is 2.65. The number of benzene rings is 1. The molecule has 0 atom stereocenters. The molecule has 0 heterocycles. The van der Waals surface area contributed by atoms with Crippen LogP contribution in [0.1, 0.15) is 46.9 Å². The quantitative estimate of drug-likeness (QED) is 0.588. The lowest BCUT2D eigenvalue weighted by Gasteiger charge is -2.22. The summed E-state index contributed by atoms with van der Waals surface area (Å²) in [5.41, 5.74) is 0.149. The van der Waals surface area contributed by atoms with E-state index in [9.17, 15) is 9.59 Å². The van der Waals surface area contributed by atoms with E-state index in [1.54, 1.807) is 30.3 Å². The molecule has 0 fully saturated rings. The van der Waals surface area contributed by atoms with Gasteiger partial charge < -0.3 is 0 Å². The Kier molecular flexibility index (Phi) is 3.79. The number of fused-ring (bicyclic) bond motifs is 1. The summed E-state index contributed by atoms with van der Waals surface area (Å²) >= 11 is 0. The Morgan fingerprint density at radius 1 is 1.05 bits per heavy atom. The van der Waals surface area contributed by atoms with Crippen LogP contribution >= 0.6 is 0 Å². The van der Waals surface area contributed by atoms with Gasteiger partial charge in [0.05, 0.1) is 0 Å². The monoisotopic (exact) mass is 254 g/mol. The van der Waals surface area contributed by atoms with E-state index >= 15 is 0 Å². The van der Waals surface area contributed by atoms with Gasteiger partial charge in [-0.05, 0) is 19.3 Å². The van der Waals surface area contributed by atoms with Crippen LogP contribution in [0.4, 0.5) is 0 Å². The minimum Gasteiger partial charge on any atom is -0.293 e. The first-order valence-electron chi connectivity index (χ1n) is 6.62. The molecule has 0 saturated heterocycles. The highest BCUT2D eigenvalue weighted by Crippen LogP contribution is 2.42. The molecule has 2 heteroatoms. The Hall–Kier alpha value is -1.96. The second-order valence-electron chi connectivity index (χ2n) is 4.86. The summed E-state index contributed by atoms with van der Waals surface area (Å²) in [5, 5.41) is 0. The fourth-order valence-electron chi connectivity index (χ4n) is 2.65. The molecule has 1 aromatic rings. The Morgan fingerprint density at radius 2 is 1.63 bits per heavy atom. The van der Waals surface area contributed by atoms with Crippen molar-refractivity contribution in [2.24, 2.45) is 5.41 Å². The number of carbonyl (C=O) groups is 2. The van der Waals surface area contributed by atoms with E-state index in [1.807, 2.05) is 19.1 Å². The number of carbonyl (C=O) groups excluding carboxylic acids is 2. The first-order chi connectivity index (χ1) is 9.17. The van der Waals surface area contributed by atoms with Gasteiger partial charge in [-0.25, -0.2) is 0 Å². The lowest BCUT2D eigenvalue weighted by Crippen LogP contribution is -2.32. The molecule has 2 rings (SSSR count). The largest absolute Gasteiger partial charge is 0.293 e. The van der Waals surface area contributed by atoms with E-state index in [2.05, 4.69) is 6.58 Å². The highest BCUT2D eigenvalue weighted by atomic mass is 16.2. The molecule has 0 aliphatic heterocycles. The Bertz CT molecular complexity index is 517. The van der Waals surface area contributed by atoms with Gasteiger partial charge in [-0.1, -0.05) is 49.4 Å². The third-order valence-electron chi connectivity index (χ3n) is 3.65. The summed E-state index contributed by atoms with van der Waals surface area (Å²) in [6, 6.07) is 7.08. The van der Waals surface area contributed by atoms with Gasteiger partial charge in [0, 0.05) is 11.1 Å². The van der Waals surface area contributed by atoms with E-state index in [1.165, 1.54) is 0 Å². The first kappa shape index (κ1) is 13.5. The molecule has 1 aliphatic carbocycles. The van der Waals surface area contributed by atoms with E-state index in [-0.39, 0.29) is 11.6 Å². The molecule has 1 aromatic carbocycles. The first-order valence-corrected chi connectivity index (χ1v) is 6.62. The summed E-state index contributed by atoms with van der Waals surface area (Å²) < 4.78 is 0. The van der Waals surface area contributed by atoms with Crippen molar-refractivity contribution < 1.29 is 9.59 Å². The molecule has 0 aromatic heterocycles. The molecule has 1 aliphatic rings. The van der Waals surface area contributed by atoms with Crippen LogP contribution in [0.15, 0.2) is 49.1 Å². The molecule has 0 N–H and O–H groups in total. The van der Waals surface area contributed by atoms with Crippen LogP contribution in [0.2, 0.25) is 0 Å². The molecular formula is C17H18O2. The minimum atomic E-state index is -0.961. The maximum absolute atomic E-state index is 12.6. The number of allylic oxidation sites excluding steroid dienone is 3. The Balaban J connectivity index is 2.46. The molecule has 0 bridgehead atoms. The zero-order valence-electron chi connectivity index (χ0n) is 11.2. The van der Waals surface area contributed by atoms with Crippen LogP contribution in [0.3, 0.4) is 0 Å². The van der Waals surface area contributed by atoms with Gasteiger partial charge in [0.25, 0.3) is 0 Å². The molecule has 0 unspecified atom stereocenters. The van der Waals surface area contributed by atoms with Gasteiger partial charge in [-0.3, -0.25) is 9.59 Å². The van der Waals surface area contributed by atoms with Crippen molar-refractivity contribution in [2.45, 2.75) is 26.2 Å². The van der Waals surface area contributed by atoms with Crippen LogP contribution in [0.5, 0.6) is 0 Å². The van der Waals surface area contributed by atoms with Gasteiger partial charge >= 0.3 is 0 Å².